The van der Waals surface area contributed by atoms with Gasteiger partial charge in [-0.15, -0.1) is 11.3 Å². The maximum Gasteiger partial charge on any atom is 0.340 e. The molecule has 0 aliphatic carbocycles. The molecule has 1 aromatic carbocycles. The quantitative estimate of drug-likeness (QED) is 0.400. The van der Waals surface area contributed by atoms with E-state index in [-0.39, 0.29) is 21.9 Å². The summed E-state index contributed by atoms with van der Waals surface area (Å²) in [6, 6.07) is 6.05. The van der Waals surface area contributed by atoms with Crippen molar-refractivity contribution in [1.29, 1.82) is 0 Å². The van der Waals surface area contributed by atoms with Crippen molar-refractivity contribution in [1.82, 2.24) is 0 Å². The van der Waals surface area contributed by atoms with Gasteiger partial charge in [0.15, 0.2) is 5.11 Å². The first-order valence-corrected chi connectivity index (χ1v) is 9.66. The first-order chi connectivity index (χ1) is 13.8. The minimum Gasteiger partial charge on any atom is -0.465 e. The van der Waals surface area contributed by atoms with Crippen LogP contribution in [0.2, 0.25) is 0 Å². The summed E-state index contributed by atoms with van der Waals surface area (Å²) in [5.74, 6) is -1.66. The highest BCUT2D eigenvalue weighted by Gasteiger charge is 2.19. The summed E-state index contributed by atoms with van der Waals surface area (Å²) >= 11 is 6.69. The zero-order valence-corrected chi connectivity index (χ0v) is 17.9. The molecular formula is C19H20N2O6S2. The van der Waals surface area contributed by atoms with E-state index in [0.717, 1.165) is 11.3 Å². The highest BCUT2D eigenvalue weighted by atomic mass is 32.1. The Kier molecular flexibility index (Phi) is 7.68. The van der Waals surface area contributed by atoms with Crippen LogP contribution in [0, 0.1) is 0 Å². The van der Waals surface area contributed by atoms with Crippen LogP contribution in [-0.4, -0.2) is 44.3 Å². The van der Waals surface area contributed by atoms with Crippen LogP contribution in [0.3, 0.4) is 0 Å². The van der Waals surface area contributed by atoms with E-state index in [2.05, 4.69) is 10.6 Å². The molecule has 0 aliphatic rings. The molecule has 8 nitrogen and oxygen atoms in total. The average molecular weight is 437 g/mol. The zero-order chi connectivity index (χ0) is 21.6. The third kappa shape index (κ3) is 5.30. The normalized spacial score (nSPS) is 10.1. The Labute approximate surface area is 177 Å². The number of thiocarbonyl (C=S) groups is 1. The van der Waals surface area contributed by atoms with Crippen molar-refractivity contribution in [3.8, 4) is 0 Å². The van der Waals surface area contributed by atoms with Crippen LogP contribution in [0.15, 0.2) is 24.3 Å². The topological polar surface area (TPSA) is 103 Å². The Hall–Kier alpha value is -2.98. The minimum absolute atomic E-state index is 0.117. The predicted octanol–water partition coefficient (Wildman–Crippen LogP) is 3.48. The molecule has 1 heterocycles. The number of hydrogen-bond acceptors (Lipinski definition) is 8. The largest absolute Gasteiger partial charge is 0.465 e. The lowest BCUT2D eigenvalue weighted by Crippen LogP contribution is -2.22. The Bertz CT molecular complexity index is 954. The minimum atomic E-state index is -0.605. The van der Waals surface area contributed by atoms with Crippen LogP contribution < -0.4 is 10.6 Å². The van der Waals surface area contributed by atoms with E-state index in [1.54, 1.807) is 6.07 Å². The monoisotopic (exact) mass is 436 g/mol. The van der Waals surface area contributed by atoms with Crippen LogP contribution in [0.1, 0.15) is 42.9 Å². The molecule has 0 unspecified atom stereocenters. The Balaban J connectivity index is 2.32. The molecular weight excluding hydrogens is 416 g/mol. The second-order valence-corrected chi connectivity index (χ2v) is 7.17. The fourth-order valence-electron chi connectivity index (χ4n) is 2.41. The smallest absolute Gasteiger partial charge is 0.340 e. The predicted molar refractivity (Wildman–Crippen MR) is 114 cm³/mol. The van der Waals surface area contributed by atoms with Crippen molar-refractivity contribution in [2.24, 2.45) is 0 Å². The maximum absolute atomic E-state index is 12.0. The Morgan fingerprint density at radius 2 is 1.55 bits per heavy atom. The van der Waals surface area contributed by atoms with Gasteiger partial charge in [0, 0.05) is 4.88 Å². The number of aryl methyl sites for hydroxylation is 1. The standard InChI is InChI=1S/C19H20N2O6S2/c1-5-11-9-13(18(24)27-4)15(29-11)21-19(28)20-14-8-10(16(22)25-2)6-7-12(14)17(23)26-3/h6-9H,5H2,1-4H3,(H2,20,21,28). The molecule has 0 bridgehead atoms. The summed E-state index contributed by atoms with van der Waals surface area (Å²) in [5, 5.41) is 6.44. The SMILES string of the molecule is CCc1cc(C(=O)OC)c(NC(=S)Nc2cc(C(=O)OC)ccc2C(=O)OC)s1. The summed E-state index contributed by atoms with van der Waals surface area (Å²) < 4.78 is 14.3. The van der Waals surface area contributed by atoms with E-state index in [1.165, 1.54) is 50.9 Å². The van der Waals surface area contributed by atoms with E-state index < -0.39 is 17.9 Å². The van der Waals surface area contributed by atoms with E-state index in [4.69, 9.17) is 26.4 Å². The number of methoxy groups -OCH3 is 3. The number of nitrogens with one attached hydrogen (secondary N) is 2. The number of carbonyl (C=O) groups excluding carboxylic acids is 3. The molecule has 1 aromatic heterocycles. The molecule has 0 aliphatic heterocycles. The molecule has 0 fully saturated rings. The van der Waals surface area contributed by atoms with Crippen LogP contribution in [0.25, 0.3) is 0 Å². The van der Waals surface area contributed by atoms with Crippen molar-refractivity contribution >= 4 is 57.3 Å². The molecule has 2 N–H and O–H groups in total. The van der Waals surface area contributed by atoms with E-state index in [9.17, 15) is 14.4 Å². The fourth-order valence-corrected chi connectivity index (χ4v) is 3.67. The van der Waals surface area contributed by atoms with Crippen molar-refractivity contribution in [3.63, 3.8) is 0 Å². The summed E-state index contributed by atoms with van der Waals surface area (Å²) in [6.45, 7) is 1.97. The number of ether oxygens (including phenoxy) is 3. The van der Waals surface area contributed by atoms with Gasteiger partial charge in [0.25, 0.3) is 0 Å². The summed E-state index contributed by atoms with van der Waals surface area (Å²) in [5.41, 5.74) is 1.02. The molecule has 10 heteroatoms. The Morgan fingerprint density at radius 3 is 2.14 bits per heavy atom. The molecule has 0 radical (unpaired) electrons. The first-order valence-electron chi connectivity index (χ1n) is 8.44. The van der Waals surface area contributed by atoms with Gasteiger partial charge in [-0.3, -0.25) is 0 Å². The molecule has 154 valence electrons. The van der Waals surface area contributed by atoms with E-state index >= 15 is 0 Å². The van der Waals surface area contributed by atoms with Gasteiger partial charge in [0.2, 0.25) is 0 Å². The number of anilines is 2. The maximum atomic E-state index is 12.0. The molecule has 0 saturated heterocycles. The van der Waals surface area contributed by atoms with Crippen molar-refractivity contribution in [3.05, 3.63) is 45.8 Å². The van der Waals surface area contributed by atoms with Crippen molar-refractivity contribution in [2.45, 2.75) is 13.3 Å². The number of thiophene rings is 1. The van der Waals surface area contributed by atoms with Gasteiger partial charge in [0.05, 0.1) is 43.7 Å². The van der Waals surface area contributed by atoms with Gasteiger partial charge in [-0.1, -0.05) is 6.92 Å². The molecule has 2 rings (SSSR count). The van der Waals surface area contributed by atoms with Gasteiger partial charge in [-0.05, 0) is 42.9 Å². The van der Waals surface area contributed by atoms with E-state index in [1.807, 2.05) is 6.92 Å². The summed E-state index contributed by atoms with van der Waals surface area (Å²) in [7, 11) is 3.80. The van der Waals surface area contributed by atoms with Gasteiger partial charge in [-0.2, -0.15) is 0 Å². The molecule has 0 spiro atoms. The van der Waals surface area contributed by atoms with Crippen LogP contribution in [-0.2, 0) is 20.6 Å². The van der Waals surface area contributed by atoms with Gasteiger partial charge >= 0.3 is 17.9 Å². The fraction of sp³-hybridized carbons (Fsp3) is 0.263. The lowest BCUT2D eigenvalue weighted by atomic mass is 10.1. The van der Waals surface area contributed by atoms with E-state index in [0.29, 0.717) is 10.6 Å². The third-order valence-electron chi connectivity index (χ3n) is 3.86. The number of carbonyl (C=O) groups is 3. The summed E-state index contributed by atoms with van der Waals surface area (Å²) in [6.07, 6.45) is 0.740. The number of esters is 3. The van der Waals surface area contributed by atoms with Gasteiger partial charge in [0.1, 0.15) is 5.00 Å². The first kappa shape index (κ1) is 22.3. The molecule has 0 amide bonds. The van der Waals surface area contributed by atoms with Crippen LogP contribution in [0.5, 0.6) is 0 Å². The van der Waals surface area contributed by atoms with Gasteiger partial charge < -0.3 is 24.8 Å². The number of hydrogen-bond donors (Lipinski definition) is 2. The summed E-state index contributed by atoms with van der Waals surface area (Å²) in [4.78, 5) is 36.8. The lowest BCUT2D eigenvalue weighted by Gasteiger charge is -2.14. The highest BCUT2D eigenvalue weighted by molar-refractivity contribution is 7.80. The highest BCUT2D eigenvalue weighted by Crippen LogP contribution is 2.29. The van der Waals surface area contributed by atoms with Crippen molar-refractivity contribution in [2.75, 3.05) is 32.0 Å². The molecule has 29 heavy (non-hydrogen) atoms. The Morgan fingerprint density at radius 1 is 0.931 bits per heavy atom. The molecule has 2 aromatic rings. The second-order valence-electron chi connectivity index (χ2n) is 5.62. The third-order valence-corrected chi connectivity index (χ3v) is 5.26. The van der Waals surface area contributed by atoms with Crippen LogP contribution in [0.4, 0.5) is 10.7 Å². The van der Waals surface area contributed by atoms with Crippen LogP contribution >= 0.6 is 23.6 Å². The van der Waals surface area contributed by atoms with Gasteiger partial charge in [-0.25, -0.2) is 14.4 Å². The molecule has 0 saturated carbocycles. The lowest BCUT2D eigenvalue weighted by molar-refractivity contribution is 0.0587. The second kappa shape index (κ2) is 9.99. The average Bonchev–Trinajstić information content (AvgIpc) is 3.14. The zero-order valence-electron chi connectivity index (χ0n) is 16.3. The number of rotatable bonds is 6. The molecule has 0 atom stereocenters. The number of benzene rings is 1. The van der Waals surface area contributed by atoms with Crippen molar-refractivity contribution < 1.29 is 28.6 Å².